The normalized spacial score (nSPS) is 25.7. The number of carbonyl (C=O) groups is 3. The van der Waals surface area contributed by atoms with Crippen LogP contribution in [0, 0.1) is 5.92 Å². The summed E-state index contributed by atoms with van der Waals surface area (Å²) in [5, 5.41) is 2.81. The molecule has 2 heterocycles. The average molecular weight is 268 g/mol. The summed E-state index contributed by atoms with van der Waals surface area (Å²) in [6, 6.07) is -0.0315. The first-order valence-corrected chi connectivity index (χ1v) is 6.86. The van der Waals surface area contributed by atoms with Gasteiger partial charge in [0.05, 0.1) is 25.0 Å². The molecule has 2 amide bonds. The summed E-state index contributed by atoms with van der Waals surface area (Å²) in [7, 11) is 0. The Morgan fingerprint density at radius 1 is 1.42 bits per heavy atom. The summed E-state index contributed by atoms with van der Waals surface area (Å²) in [5.41, 5.74) is 0. The quantitative estimate of drug-likeness (QED) is 0.732. The second-order valence-electron chi connectivity index (χ2n) is 4.95. The lowest BCUT2D eigenvalue weighted by Gasteiger charge is -2.35. The Bertz CT molecular complexity index is 383. The van der Waals surface area contributed by atoms with Crippen LogP contribution in [0.1, 0.15) is 32.6 Å². The molecular weight excluding hydrogens is 248 g/mol. The molecule has 2 fully saturated rings. The number of likely N-dealkylation sites (tertiary alicyclic amines) is 1. The number of piperidine rings is 1. The molecule has 6 nitrogen and oxygen atoms in total. The molecule has 0 aliphatic carbocycles. The van der Waals surface area contributed by atoms with E-state index >= 15 is 0 Å². The summed E-state index contributed by atoms with van der Waals surface area (Å²) >= 11 is 0. The molecule has 2 rings (SSSR count). The Kier molecular flexibility index (Phi) is 4.39. The maximum Gasteiger partial charge on any atom is 0.306 e. The van der Waals surface area contributed by atoms with Crippen LogP contribution in [0.3, 0.4) is 0 Å². The summed E-state index contributed by atoms with van der Waals surface area (Å²) in [5.74, 6) is -0.419. The number of rotatable bonds is 4. The van der Waals surface area contributed by atoms with Gasteiger partial charge in [-0.05, 0) is 19.8 Å². The predicted molar refractivity (Wildman–Crippen MR) is 67.1 cm³/mol. The highest BCUT2D eigenvalue weighted by Crippen LogP contribution is 2.27. The van der Waals surface area contributed by atoms with Crippen molar-refractivity contribution in [3.63, 3.8) is 0 Å². The number of hydrogen-bond acceptors (Lipinski definition) is 4. The van der Waals surface area contributed by atoms with Gasteiger partial charge in [0.1, 0.15) is 0 Å². The van der Waals surface area contributed by atoms with Crippen LogP contribution >= 0.6 is 0 Å². The Labute approximate surface area is 112 Å². The Morgan fingerprint density at radius 3 is 2.95 bits per heavy atom. The fraction of sp³-hybridized carbons (Fsp3) is 0.769. The first-order chi connectivity index (χ1) is 9.13. The zero-order valence-electron chi connectivity index (χ0n) is 11.2. The summed E-state index contributed by atoms with van der Waals surface area (Å²) < 4.78 is 4.81. The van der Waals surface area contributed by atoms with Crippen LogP contribution in [0.15, 0.2) is 0 Å². The third-order valence-electron chi connectivity index (χ3n) is 3.77. The average Bonchev–Trinajstić information content (AvgIpc) is 2.78. The fourth-order valence-electron chi connectivity index (χ4n) is 2.85. The smallest absolute Gasteiger partial charge is 0.306 e. The van der Waals surface area contributed by atoms with Gasteiger partial charge in [0, 0.05) is 19.5 Å². The maximum atomic E-state index is 12.1. The topological polar surface area (TPSA) is 75.7 Å². The molecule has 0 aromatic heterocycles. The van der Waals surface area contributed by atoms with Gasteiger partial charge >= 0.3 is 5.97 Å². The van der Waals surface area contributed by atoms with Crippen LogP contribution in [0.25, 0.3) is 0 Å². The third-order valence-corrected chi connectivity index (χ3v) is 3.77. The lowest BCUT2D eigenvalue weighted by molar-refractivity contribution is -0.147. The SMILES string of the molecule is CCOC(=O)CCC(=O)N1CCCC2C(=O)NCC21. The molecule has 1 N–H and O–H groups in total. The van der Waals surface area contributed by atoms with Crippen LogP contribution in [-0.2, 0) is 19.1 Å². The van der Waals surface area contributed by atoms with E-state index in [9.17, 15) is 14.4 Å². The van der Waals surface area contributed by atoms with E-state index in [4.69, 9.17) is 4.74 Å². The first-order valence-electron chi connectivity index (χ1n) is 6.86. The van der Waals surface area contributed by atoms with Crippen molar-refractivity contribution in [2.24, 2.45) is 5.92 Å². The minimum Gasteiger partial charge on any atom is -0.466 e. The highest BCUT2D eigenvalue weighted by atomic mass is 16.5. The fourth-order valence-corrected chi connectivity index (χ4v) is 2.85. The molecule has 2 aliphatic heterocycles. The number of carbonyl (C=O) groups excluding carboxylic acids is 3. The minimum absolute atomic E-state index is 0.0315. The molecule has 106 valence electrons. The summed E-state index contributed by atoms with van der Waals surface area (Å²) in [6.07, 6.45) is 1.97. The van der Waals surface area contributed by atoms with Crippen molar-refractivity contribution in [1.29, 1.82) is 0 Å². The van der Waals surface area contributed by atoms with Gasteiger partial charge in [-0.25, -0.2) is 0 Å². The van der Waals surface area contributed by atoms with Crippen LogP contribution in [-0.4, -0.2) is 48.4 Å². The number of hydrogen-bond donors (Lipinski definition) is 1. The van der Waals surface area contributed by atoms with E-state index in [0.29, 0.717) is 19.7 Å². The minimum atomic E-state index is -0.343. The first kappa shape index (κ1) is 13.8. The highest BCUT2D eigenvalue weighted by Gasteiger charge is 2.42. The molecule has 19 heavy (non-hydrogen) atoms. The Morgan fingerprint density at radius 2 is 2.21 bits per heavy atom. The maximum absolute atomic E-state index is 12.1. The lowest BCUT2D eigenvalue weighted by atomic mass is 9.91. The third kappa shape index (κ3) is 3.05. The van der Waals surface area contributed by atoms with E-state index in [2.05, 4.69) is 5.32 Å². The monoisotopic (exact) mass is 268 g/mol. The standard InChI is InChI=1S/C13H20N2O4/c1-2-19-12(17)6-5-11(16)15-7-3-4-9-10(15)8-14-13(9)18/h9-10H,2-8H2,1H3,(H,14,18). The van der Waals surface area contributed by atoms with Crippen molar-refractivity contribution in [1.82, 2.24) is 10.2 Å². The van der Waals surface area contributed by atoms with Crippen LogP contribution < -0.4 is 5.32 Å². The summed E-state index contributed by atoms with van der Waals surface area (Å²) in [4.78, 5) is 36.7. The van der Waals surface area contributed by atoms with Crippen LogP contribution in [0.2, 0.25) is 0 Å². The molecule has 0 aromatic carbocycles. The molecule has 0 bridgehead atoms. The van der Waals surface area contributed by atoms with E-state index in [1.807, 2.05) is 0 Å². The van der Waals surface area contributed by atoms with Gasteiger partial charge in [-0.1, -0.05) is 0 Å². The van der Waals surface area contributed by atoms with Crippen molar-refractivity contribution in [3.8, 4) is 0 Å². The number of fused-ring (bicyclic) bond motifs is 1. The predicted octanol–water partition coefficient (Wildman–Crippen LogP) is 0.0667. The van der Waals surface area contributed by atoms with E-state index in [0.717, 1.165) is 12.8 Å². The Balaban J connectivity index is 1.88. The van der Waals surface area contributed by atoms with Crippen molar-refractivity contribution < 1.29 is 19.1 Å². The number of amides is 2. The van der Waals surface area contributed by atoms with Crippen molar-refractivity contribution in [2.75, 3.05) is 19.7 Å². The van der Waals surface area contributed by atoms with Gasteiger partial charge < -0.3 is 15.0 Å². The van der Waals surface area contributed by atoms with Crippen molar-refractivity contribution in [3.05, 3.63) is 0 Å². The van der Waals surface area contributed by atoms with Crippen LogP contribution in [0.4, 0.5) is 0 Å². The molecule has 2 unspecified atom stereocenters. The second-order valence-corrected chi connectivity index (χ2v) is 4.95. The van der Waals surface area contributed by atoms with Gasteiger partial charge in [-0.15, -0.1) is 0 Å². The van der Waals surface area contributed by atoms with Gasteiger partial charge in [-0.2, -0.15) is 0 Å². The molecule has 2 atom stereocenters. The largest absolute Gasteiger partial charge is 0.466 e. The molecule has 0 aromatic rings. The molecule has 2 aliphatic rings. The van der Waals surface area contributed by atoms with Gasteiger partial charge in [0.25, 0.3) is 0 Å². The van der Waals surface area contributed by atoms with E-state index in [-0.39, 0.29) is 42.6 Å². The second kappa shape index (κ2) is 6.04. The van der Waals surface area contributed by atoms with E-state index < -0.39 is 0 Å². The van der Waals surface area contributed by atoms with Crippen molar-refractivity contribution in [2.45, 2.75) is 38.6 Å². The number of nitrogens with one attached hydrogen (secondary N) is 1. The van der Waals surface area contributed by atoms with Crippen molar-refractivity contribution >= 4 is 17.8 Å². The molecule has 6 heteroatoms. The zero-order chi connectivity index (χ0) is 13.8. The number of ether oxygens (including phenoxy) is 1. The Hall–Kier alpha value is -1.59. The lowest BCUT2D eigenvalue weighted by Crippen LogP contribution is -2.48. The van der Waals surface area contributed by atoms with E-state index in [1.54, 1.807) is 11.8 Å². The molecule has 0 saturated carbocycles. The molecule has 0 radical (unpaired) electrons. The van der Waals surface area contributed by atoms with E-state index in [1.165, 1.54) is 0 Å². The highest BCUT2D eigenvalue weighted by molar-refractivity contribution is 5.85. The number of nitrogens with zero attached hydrogens (tertiary/aromatic N) is 1. The van der Waals surface area contributed by atoms with Gasteiger partial charge in [-0.3, -0.25) is 14.4 Å². The molecule has 2 saturated heterocycles. The zero-order valence-corrected chi connectivity index (χ0v) is 11.2. The van der Waals surface area contributed by atoms with Gasteiger partial charge in [0.15, 0.2) is 0 Å². The summed E-state index contributed by atoms with van der Waals surface area (Å²) in [6.45, 7) is 3.29. The molecular formula is C13H20N2O4. The number of esters is 1. The molecule has 0 spiro atoms. The van der Waals surface area contributed by atoms with Gasteiger partial charge in [0.2, 0.25) is 11.8 Å². The van der Waals surface area contributed by atoms with Crippen LogP contribution in [0.5, 0.6) is 0 Å².